The van der Waals surface area contributed by atoms with Crippen LogP contribution >= 0.6 is 23.2 Å². The summed E-state index contributed by atoms with van der Waals surface area (Å²) >= 11 is 11.6. The number of hydrogen-bond acceptors (Lipinski definition) is 3. The van der Waals surface area contributed by atoms with E-state index in [0.29, 0.717) is 12.8 Å². The highest BCUT2D eigenvalue weighted by molar-refractivity contribution is 7.93. The van der Waals surface area contributed by atoms with Crippen molar-refractivity contribution in [2.75, 3.05) is 0 Å². The molecule has 1 fully saturated rings. The molecule has 2 rings (SSSR count). The lowest BCUT2D eigenvalue weighted by molar-refractivity contribution is 0.588. The fourth-order valence-electron chi connectivity index (χ4n) is 1.45. The second kappa shape index (κ2) is 3.63. The Bertz CT molecular complexity index is 585. The summed E-state index contributed by atoms with van der Waals surface area (Å²) < 4.78 is 23.0. The van der Waals surface area contributed by atoms with Crippen LogP contribution in [0.3, 0.4) is 0 Å². The van der Waals surface area contributed by atoms with Gasteiger partial charge in [0, 0.05) is 5.02 Å². The van der Waals surface area contributed by atoms with Gasteiger partial charge in [0.15, 0.2) is 14.6 Å². The molecule has 0 bridgehead atoms. The van der Waals surface area contributed by atoms with Gasteiger partial charge in [-0.3, -0.25) is 0 Å². The zero-order valence-corrected chi connectivity index (χ0v) is 10.4. The summed E-state index contributed by atoms with van der Waals surface area (Å²) in [6.07, 6.45) is 0.712. The SMILES string of the molecule is N#CC1(S(=O)(=O)c2cc(Cl)ccc2Cl)CC1. The minimum absolute atomic E-state index is 0.0549. The van der Waals surface area contributed by atoms with Crippen molar-refractivity contribution >= 4 is 33.0 Å². The Hall–Kier alpha value is -0.760. The number of rotatable bonds is 2. The molecular weight excluding hydrogens is 269 g/mol. The molecule has 84 valence electrons. The van der Waals surface area contributed by atoms with Crippen molar-refractivity contribution in [3.05, 3.63) is 28.2 Å². The van der Waals surface area contributed by atoms with Gasteiger partial charge in [-0.05, 0) is 31.0 Å². The highest BCUT2D eigenvalue weighted by atomic mass is 35.5. The first kappa shape index (κ1) is 11.7. The molecule has 1 saturated carbocycles. The van der Waals surface area contributed by atoms with Gasteiger partial charge >= 0.3 is 0 Å². The van der Waals surface area contributed by atoms with E-state index >= 15 is 0 Å². The van der Waals surface area contributed by atoms with Crippen LogP contribution in [0.1, 0.15) is 12.8 Å². The standard InChI is InChI=1S/C10H7Cl2NO2S/c11-7-1-2-8(12)9(5-7)16(14,15)10(6-13)3-4-10/h1-2,5H,3-4H2. The Balaban J connectivity index is 2.62. The molecule has 1 aromatic carbocycles. The molecule has 1 aromatic rings. The number of nitrogens with zero attached hydrogens (tertiary/aromatic N) is 1. The highest BCUT2D eigenvalue weighted by Crippen LogP contribution is 2.47. The van der Waals surface area contributed by atoms with Crippen LogP contribution in [0.25, 0.3) is 0 Å². The quantitative estimate of drug-likeness (QED) is 0.834. The number of hydrogen-bond donors (Lipinski definition) is 0. The van der Waals surface area contributed by atoms with Crippen molar-refractivity contribution < 1.29 is 8.42 Å². The molecule has 0 heterocycles. The average molecular weight is 276 g/mol. The van der Waals surface area contributed by atoms with Gasteiger partial charge in [0.25, 0.3) is 0 Å². The third kappa shape index (κ3) is 1.60. The Kier molecular flexibility index (Phi) is 2.66. The maximum atomic E-state index is 12.2. The predicted molar refractivity (Wildman–Crippen MR) is 61.2 cm³/mol. The van der Waals surface area contributed by atoms with Crippen molar-refractivity contribution in [3.8, 4) is 6.07 Å². The zero-order chi connectivity index (χ0) is 12.0. The Morgan fingerprint density at radius 3 is 2.44 bits per heavy atom. The normalized spacial score (nSPS) is 17.8. The van der Waals surface area contributed by atoms with Gasteiger partial charge < -0.3 is 0 Å². The summed E-state index contributed by atoms with van der Waals surface area (Å²) in [5.74, 6) is 0. The van der Waals surface area contributed by atoms with E-state index in [1.165, 1.54) is 18.2 Å². The second-order valence-electron chi connectivity index (χ2n) is 3.68. The molecule has 1 aliphatic rings. The number of benzene rings is 1. The second-order valence-corrected chi connectivity index (χ2v) is 6.76. The van der Waals surface area contributed by atoms with E-state index in [9.17, 15) is 8.42 Å². The van der Waals surface area contributed by atoms with Crippen molar-refractivity contribution in [2.24, 2.45) is 0 Å². The first-order chi connectivity index (χ1) is 7.43. The van der Waals surface area contributed by atoms with Crippen molar-refractivity contribution in [2.45, 2.75) is 22.5 Å². The van der Waals surface area contributed by atoms with Gasteiger partial charge in [0.05, 0.1) is 16.0 Å². The van der Waals surface area contributed by atoms with Crippen molar-refractivity contribution in [1.82, 2.24) is 0 Å². The number of nitriles is 1. The molecular formula is C10H7Cl2NO2S. The van der Waals surface area contributed by atoms with E-state index in [0.717, 1.165) is 0 Å². The van der Waals surface area contributed by atoms with E-state index in [2.05, 4.69) is 0 Å². The smallest absolute Gasteiger partial charge is 0.198 e. The van der Waals surface area contributed by atoms with Gasteiger partial charge in [0.2, 0.25) is 0 Å². The summed E-state index contributed by atoms with van der Waals surface area (Å²) in [4.78, 5) is -0.0549. The van der Waals surface area contributed by atoms with Crippen LogP contribution in [0.15, 0.2) is 23.1 Å². The molecule has 0 saturated heterocycles. The summed E-state index contributed by atoms with van der Waals surface area (Å²) in [6.45, 7) is 0. The highest BCUT2D eigenvalue weighted by Gasteiger charge is 2.56. The molecule has 0 atom stereocenters. The number of halogens is 2. The van der Waals surface area contributed by atoms with Gasteiger partial charge in [-0.1, -0.05) is 23.2 Å². The van der Waals surface area contributed by atoms with Gasteiger partial charge in [-0.15, -0.1) is 0 Å². The summed E-state index contributed by atoms with van der Waals surface area (Å²) in [7, 11) is -3.71. The van der Waals surface area contributed by atoms with Gasteiger partial charge in [-0.2, -0.15) is 5.26 Å². The van der Waals surface area contributed by atoms with E-state index in [1.807, 2.05) is 6.07 Å². The van der Waals surface area contributed by atoms with Crippen LogP contribution in [0.2, 0.25) is 10.0 Å². The minimum Gasteiger partial charge on any atom is -0.222 e. The molecule has 16 heavy (non-hydrogen) atoms. The Morgan fingerprint density at radius 2 is 1.94 bits per heavy atom. The molecule has 0 amide bonds. The maximum absolute atomic E-state index is 12.2. The van der Waals surface area contributed by atoms with E-state index < -0.39 is 14.6 Å². The van der Waals surface area contributed by atoms with E-state index in [1.54, 1.807) is 0 Å². The molecule has 0 aromatic heterocycles. The first-order valence-electron chi connectivity index (χ1n) is 4.54. The molecule has 0 radical (unpaired) electrons. The predicted octanol–water partition coefficient (Wildman–Crippen LogP) is 2.82. The third-order valence-electron chi connectivity index (χ3n) is 2.61. The fourth-order valence-corrected chi connectivity index (χ4v) is 3.89. The molecule has 3 nitrogen and oxygen atoms in total. The lowest BCUT2D eigenvalue weighted by Gasteiger charge is -2.10. The Morgan fingerprint density at radius 1 is 1.31 bits per heavy atom. The van der Waals surface area contributed by atoms with Crippen molar-refractivity contribution in [3.63, 3.8) is 0 Å². The van der Waals surface area contributed by atoms with Gasteiger partial charge in [0.1, 0.15) is 0 Å². The van der Waals surface area contributed by atoms with Crippen LogP contribution in [0.5, 0.6) is 0 Å². The monoisotopic (exact) mass is 275 g/mol. The Labute approximate surface area is 104 Å². The van der Waals surface area contributed by atoms with Crippen LogP contribution in [-0.4, -0.2) is 13.2 Å². The van der Waals surface area contributed by atoms with Crippen LogP contribution in [-0.2, 0) is 9.84 Å². The molecule has 0 aliphatic heterocycles. The van der Waals surface area contributed by atoms with Crippen LogP contribution in [0, 0.1) is 11.3 Å². The lowest BCUT2D eigenvalue weighted by atomic mass is 10.4. The summed E-state index contributed by atoms with van der Waals surface area (Å²) in [5, 5.41) is 9.30. The summed E-state index contributed by atoms with van der Waals surface area (Å²) in [5.41, 5.74) is 0. The van der Waals surface area contributed by atoms with Gasteiger partial charge in [-0.25, -0.2) is 8.42 Å². The topological polar surface area (TPSA) is 57.9 Å². The molecule has 1 aliphatic carbocycles. The molecule has 6 heteroatoms. The maximum Gasteiger partial charge on any atom is 0.198 e. The minimum atomic E-state index is -3.71. The third-order valence-corrected chi connectivity index (χ3v) is 5.73. The zero-order valence-electron chi connectivity index (χ0n) is 8.07. The fraction of sp³-hybridized carbons (Fsp3) is 0.300. The van der Waals surface area contributed by atoms with Crippen LogP contribution < -0.4 is 0 Å². The summed E-state index contributed by atoms with van der Waals surface area (Å²) in [6, 6.07) is 6.07. The van der Waals surface area contributed by atoms with Crippen LogP contribution in [0.4, 0.5) is 0 Å². The molecule has 0 spiro atoms. The molecule has 0 unspecified atom stereocenters. The largest absolute Gasteiger partial charge is 0.222 e. The average Bonchev–Trinajstić information content (AvgIpc) is 3.02. The van der Waals surface area contributed by atoms with E-state index in [-0.39, 0.29) is 14.9 Å². The first-order valence-corrected chi connectivity index (χ1v) is 6.78. The lowest BCUT2D eigenvalue weighted by Crippen LogP contribution is -2.21. The number of sulfone groups is 1. The van der Waals surface area contributed by atoms with Crippen molar-refractivity contribution in [1.29, 1.82) is 5.26 Å². The molecule has 0 N–H and O–H groups in total. The van der Waals surface area contributed by atoms with E-state index in [4.69, 9.17) is 28.5 Å².